The van der Waals surface area contributed by atoms with Crippen molar-refractivity contribution in [1.29, 1.82) is 0 Å². The number of aryl methyl sites for hydroxylation is 2. The Labute approximate surface area is 169 Å². The molecule has 2 rings (SSSR count). The van der Waals surface area contributed by atoms with Crippen molar-refractivity contribution in [3.8, 4) is 17.2 Å². The number of nitrogens with zero attached hydrogens (tertiary/aromatic N) is 1. The van der Waals surface area contributed by atoms with Gasteiger partial charge in [-0.1, -0.05) is 18.2 Å². The highest BCUT2D eigenvalue weighted by Crippen LogP contribution is 2.38. The number of hydrogen-bond acceptors (Lipinski definition) is 6. The lowest BCUT2D eigenvalue weighted by atomic mass is 10.1. The van der Waals surface area contributed by atoms with Crippen molar-refractivity contribution in [1.82, 2.24) is 5.43 Å². The second-order valence-electron chi connectivity index (χ2n) is 5.94. The summed E-state index contributed by atoms with van der Waals surface area (Å²) in [5.41, 5.74) is 6.57. The Balaban J connectivity index is 2.13. The lowest BCUT2D eigenvalue weighted by molar-refractivity contribution is -0.132. The minimum absolute atomic E-state index is 0.217. The standard InChI is InChI=1S/C20H23N3O4S/c1-12-7-6-8-13(2)18(12)22-20(28)23-21-11-15-9-16(25-4)19(27-14(3)24)17(10-15)26-5/h6-11H,1-5H3,(H2,22,23,28)/b21-11-. The molecule has 8 heteroatoms. The highest BCUT2D eigenvalue weighted by atomic mass is 32.1. The summed E-state index contributed by atoms with van der Waals surface area (Å²) in [6.45, 7) is 5.32. The first-order chi connectivity index (χ1) is 13.3. The zero-order valence-electron chi connectivity index (χ0n) is 16.5. The number of carbonyl (C=O) groups is 1. The van der Waals surface area contributed by atoms with Gasteiger partial charge >= 0.3 is 5.97 Å². The number of ether oxygens (including phenoxy) is 3. The van der Waals surface area contributed by atoms with E-state index >= 15 is 0 Å². The van der Waals surface area contributed by atoms with Crippen LogP contribution in [0.2, 0.25) is 0 Å². The van der Waals surface area contributed by atoms with E-state index in [1.807, 2.05) is 32.0 Å². The van der Waals surface area contributed by atoms with Gasteiger partial charge in [0.2, 0.25) is 5.75 Å². The molecule has 0 aliphatic carbocycles. The molecule has 0 spiro atoms. The van der Waals surface area contributed by atoms with E-state index < -0.39 is 5.97 Å². The summed E-state index contributed by atoms with van der Waals surface area (Å²) in [5.74, 6) is 0.455. The summed E-state index contributed by atoms with van der Waals surface area (Å²) in [5, 5.41) is 7.65. The number of hydrazone groups is 1. The van der Waals surface area contributed by atoms with Crippen LogP contribution < -0.4 is 25.0 Å². The van der Waals surface area contributed by atoms with Crippen LogP contribution in [0.4, 0.5) is 5.69 Å². The third-order valence-corrected chi connectivity index (χ3v) is 4.02. The van der Waals surface area contributed by atoms with Crippen LogP contribution in [0.15, 0.2) is 35.4 Å². The maximum Gasteiger partial charge on any atom is 0.308 e. The molecule has 0 heterocycles. The van der Waals surface area contributed by atoms with Crippen molar-refractivity contribution in [3.63, 3.8) is 0 Å². The maximum atomic E-state index is 11.3. The van der Waals surface area contributed by atoms with E-state index in [9.17, 15) is 4.79 Å². The quantitative estimate of drug-likeness (QED) is 0.252. The molecule has 2 N–H and O–H groups in total. The summed E-state index contributed by atoms with van der Waals surface area (Å²) in [6.07, 6.45) is 1.56. The fraction of sp³-hybridized carbons (Fsp3) is 0.250. The van der Waals surface area contributed by atoms with Crippen molar-refractivity contribution in [2.75, 3.05) is 19.5 Å². The molecule has 2 aromatic rings. The minimum Gasteiger partial charge on any atom is -0.493 e. The van der Waals surface area contributed by atoms with E-state index in [1.54, 1.807) is 18.3 Å². The Bertz CT molecular complexity index is 867. The lowest BCUT2D eigenvalue weighted by Crippen LogP contribution is -2.24. The number of rotatable bonds is 6. The van der Waals surface area contributed by atoms with Crippen molar-refractivity contribution in [2.45, 2.75) is 20.8 Å². The van der Waals surface area contributed by atoms with Crippen LogP contribution in [-0.4, -0.2) is 31.5 Å². The Morgan fingerprint density at radius 1 is 1.11 bits per heavy atom. The number of carbonyl (C=O) groups excluding carboxylic acids is 1. The van der Waals surface area contributed by atoms with E-state index in [0.29, 0.717) is 22.2 Å². The summed E-state index contributed by atoms with van der Waals surface area (Å²) >= 11 is 5.29. The van der Waals surface area contributed by atoms with E-state index in [4.69, 9.17) is 26.4 Å². The molecule has 0 atom stereocenters. The molecule has 0 saturated heterocycles. The fourth-order valence-electron chi connectivity index (χ4n) is 2.54. The zero-order valence-corrected chi connectivity index (χ0v) is 17.3. The van der Waals surface area contributed by atoms with Crippen LogP contribution in [0.3, 0.4) is 0 Å². The fourth-order valence-corrected chi connectivity index (χ4v) is 2.69. The van der Waals surface area contributed by atoms with Crippen LogP contribution in [0.1, 0.15) is 23.6 Å². The van der Waals surface area contributed by atoms with Gasteiger partial charge in [0.05, 0.1) is 20.4 Å². The Morgan fingerprint density at radius 2 is 1.68 bits per heavy atom. The predicted molar refractivity (Wildman–Crippen MR) is 114 cm³/mol. The number of benzene rings is 2. The number of para-hydroxylation sites is 1. The van der Waals surface area contributed by atoms with Gasteiger partial charge in [0, 0.05) is 18.2 Å². The summed E-state index contributed by atoms with van der Waals surface area (Å²) in [4.78, 5) is 11.3. The average Bonchev–Trinajstić information content (AvgIpc) is 2.65. The Morgan fingerprint density at radius 3 is 2.18 bits per heavy atom. The number of thiocarbonyl (C=S) groups is 1. The molecule has 2 aromatic carbocycles. The Kier molecular flexibility index (Phi) is 7.34. The highest BCUT2D eigenvalue weighted by molar-refractivity contribution is 7.80. The molecule has 0 aliphatic heterocycles. The number of anilines is 1. The molecular formula is C20H23N3O4S. The van der Waals surface area contributed by atoms with Gasteiger partial charge in [0.25, 0.3) is 0 Å². The van der Waals surface area contributed by atoms with E-state index in [2.05, 4.69) is 15.8 Å². The summed E-state index contributed by atoms with van der Waals surface area (Å²) in [7, 11) is 2.95. The third-order valence-electron chi connectivity index (χ3n) is 3.83. The predicted octanol–water partition coefficient (Wildman–Crippen LogP) is 3.57. The number of hydrogen-bond donors (Lipinski definition) is 2. The van der Waals surface area contributed by atoms with Gasteiger partial charge in [-0.15, -0.1) is 0 Å². The second-order valence-corrected chi connectivity index (χ2v) is 6.35. The van der Waals surface area contributed by atoms with E-state index in [0.717, 1.165) is 16.8 Å². The van der Waals surface area contributed by atoms with Gasteiger partial charge in [-0.2, -0.15) is 5.10 Å². The van der Waals surface area contributed by atoms with Gasteiger partial charge < -0.3 is 19.5 Å². The van der Waals surface area contributed by atoms with E-state index in [-0.39, 0.29) is 5.75 Å². The van der Waals surface area contributed by atoms with Crippen molar-refractivity contribution < 1.29 is 19.0 Å². The number of esters is 1. The topological polar surface area (TPSA) is 81.2 Å². The zero-order chi connectivity index (χ0) is 20.7. The molecule has 148 valence electrons. The summed E-state index contributed by atoms with van der Waals surface area (Å²) < 4.78 is 15.7. The first-order valence-electron chi connectivity index (χ1n) is 8.46. The molecule has 0 fully saturated rings. The van der Waals surface area contributed by atoms with Crippen LogP contribution in [-0.2, 0) is 4.79 Å². The lowest BCUT2D eigenvalue weighted by Gasteiger charge is -2.13. The van der Waals surface area contributed by atoms with Crippen LogP contribution in [0, 0.1) is 13.8 Å². The molecule has 0 unspecified atom stereocenters. The Hall–Kier alpha value is -3.13. The first-order valence-corrected chi connectivity index (χ1v) is 8.87. The highest BCUT2D eigenvalue weighted by Gasteiger charge is 2.15. The minimum atomic E-state index is -0.470. The third kappa shape index (κ3) is 5.43. The average molecular weight is 401 g/mol. The first kappa shape index (κ1) is 21.2. The van der Waals surface area contributed by atoms with Crippen LogP contribution >= 0.6 is 12.2 Å². The van der Waals surface area contributed by atoms with Gasteiger partial charge in [-0.25, -0.2) is 0 Å². The second kappa shape index (κ2) is 9.70. The van der Waals surface area contributed by atoms with Gasteiger partial charge in [0.15, 0.2) is 16.6 Å². The molecule has 0 bridgehead atoms. The molecule has 28 heavy (non-hydrogen) atoms. The smallest absolute Gasteiger partial charge is 0.308 e. The van der Waals surface area contributed by atoms with E-state index in [1.165, 1.54) is 21.1 Å². The monoisotopic (exact) mass is 401 g/mol. The molecule has 7 nitrogen and oxygen atoms in total. The summed E-state index contributed by atoms with van der Waals surface area (Å²) in [6, 6.07) is 9.35. The van der Waals surface area contributed by atoms with Crippen molar-refractivity contribution in [3.05, 3.63) is 47.0 Å². The molecule has 0 aromatic heterocycles. The molecular weight excluding hydrogens is 378 g/mol. The number of methoxy groups -OCH3 is 2. The van der Waals surface area contributed by atoms with Crippen LogP contribution in [0.25, 0.3) is 0 Å². The largest absolute Gasteiger partial charge is 0.493 e. The van der Waals surface area contributed by atoms with Crippen LogP contribution in [0.5, 0.6) is 17.2 Å². The van der Waals surface area contributed by atoms with Gasteiger partial charge in [-0.05, 0) is 49.3 Å². The van der Waals surface area contributed by atoms with Gasteiger partial charge in [0.1, 0.15) is 0 Å². The van der Waals surface area contributed by atoms with Gasteiger partial charge in [-0.3, -0.25) is 10.2 Å². The van der Waals surface area contributed by atoms with Crippen molar-refractivity contribution in [2.24, 2.45) is 5.10 Å². The molecule has 0 amide bonds. The normalized spacial score (nSPS) is 10.5. The van der Waals surface area contributed by atoms with Crippen molar-refractivity contribution >= 4 is 35.2 Å². The molecule has 0 saturated carbocycles. The SMILES string of the molecule is COc1cc(/C=N\NC(=S)Nc2c(C)cccc2C)cc(OC)c1OC(C)=O. The maximum absolute atomic E-state index is 11.3. The molecule has 0 radical (unpaired) electrons. The molecule has 0 aliphatic rings. The number of nitrogens with one attached hydrogen (secondary N) is 2.